The number of piperazine rings is 1. The molecule has 1 unspecified atom stereocenters. The highest BCUT2D eigenvalue weighted by atomic mass is 35.5. The summed E-state index contributed by atoms with van der Waals surface area (Å²) < 4.78 is 0. The average Bonchev–Trinajstić information content (AvgIpc) is 2.82. The number of benzene rings is 1. The lowest BCUT2D eigenvalue weighted by atomic mass is 10.1. The highest BCUT2D eigenvalue weighted by molar-refractivity contribution is 6.32. The lowest BCUT2D eigenvalue weighted by molar-refractivity contribution is 0.0617. The van der Waals surface area contributed by atoms with Crippen LogP contribution < -0.4 is 5.32 Å². The van der Waals surface area contributed by atoms with Gasteiger partial charge in [-0.3, -0.25) is 4.79 Å². The minimum atomic E-state index is -0.133. The molecule has 1 atom stereocenters. The van der Waals surface area contributed by atoms with E-state index in [0.717, 1.165) is 0 Å². The van der Waals surface area contributed by atoms with Crippen molar-refractivity contribution in [3.05, 3.63) is 28.8 Å². The third-order valence-corrected chi connectivity index (χ3v) is 4.02. The van der Waals surface area contributed by atoms with Crippen molar-refractivity contribution in [3.63, 3.8) is 0 Å². The average molecular weight is 296 g/mol. The van der Waals surface area contributed by atoms with Gasteiger partial charge in [0, 0.05) is 31.7 Å². The SMILES string of the molecule is O=C(c1ccc(O)c(Cl)c1)N1CCN2C(=O)NCC2C1. The van der Waals surface area contributed by atoms with Crippen LogP contribution >= 0.6 is 11.6 Å². The molecule has 7 heteroatoms. The van der Waals surface area contributed by atoms with Crippen LogP contribution in [0.3, 0.4) is 0 Å². The van der Waals surface area contributed by atoms with E-state index in [4.69, 9.17) is 11.6 Å². The maximum absolute atomic E-state index is 12.4. The van der Waals surface area contributed by atoms with Gasteiger partial charge in [0.15, 0.2) is 0 Å². The first-order valence-corrected chi connectivity index (χ1v) is 6.76. The summed E-state index contributed by atoms with van der Waals surface area (Å²) in [7, 11) is 0. The Bertz CT molecular complexity index is 578. The van der Waals surface area contributed by atoms with Crippen LogP contribution in [0.15, 0.2) is 18.2 Å². The number of nitrogens with one attached hydrogen (secondary N) is 1. The molecule has 2 saturated heterocycles. The predicted molar refractivity (Wildman–Crippen MR) is 72.9 cm³/mol. The lowest BCUT2D eigenvalue weighted by Crippen LogP contribution is -2.53. The molecule has 0 aromatic heterocycles. The fraction of sp³-hybridized carbons (Fsp3) is 0.385. The molecular weight excluding hydrogens is 282 g/mol. The molecule has 2 fully saturated rings. The number of rotatable bonds is 1. The van der Waals surface area contributed by atoms with Gasteiger partial charge in [0.2, 0.25) is 0 Å². The zero-order valence-electron chi connectivity index (χ0n) is 10.7. The number of fused-ring (bicyclic) bond motifs is 1. The maximum Gasteiger partial charge on any atom is 0.317 e. The highest BCUT2D eigenvalue weighted by Crippen LogP contribution is 2.25. The normalized spacial score (nSPS) is 21.6. The molecule has 106 valence electrons. The first-order valence-electron chi connectivity index (χ1n) is 6.38. The Balaban J connectivity index is 1.75. The Kier molecular flexibility index (Phi) is 3.17. The van der Waals surface area contributed by atoms with E-state index < -0.39 is 0 Å². The summed E-state index contributed by atoms with van der Waals surface area (Å²) in [5.41, 5.74) is 0.443. The molecule has 1 aromatic carbocycles. The quantitative estimate of drug-likeness (QED) is 0.808. The fourth-order valence-corrected chi connectivity index (χ4v) is 2.79. The van der Waals surface area contributed by atoms with E-state index in [9.17, 15) is 14.7 Å². The molecule has 3 amide bonds. The molecule has 20 heavy (non-hydrogen) atoms. The van der Waals surface area contributed by atoms with E-state index in [-0.39, 0.29) is 28.8 Å². The third-order valence-electron chi connectivity index (χ3n) is 3.71. The molecule has 2 heterocycles. The van der Waals surface area contributed by atoms with Crippen LogP contribution in [0, 0.1) is 0 Å². The van der Waals surface area contributed by atoms with Gasteiger partial charge in [-0.2, -0.15) is 0 Å². The van der Waals surface area contributed by atoms with Gasteiger partial charge in [-0.25, -0.2) is 4.79 Å². The molecule has 0 saturated carbocycles. The first-order chi connectivity index (χ1) is 9.56. The van der Waals surface area contributed by atoms with Gasteiger partial charge < -0.3 is 20.2 Å². The molecule has 2 aliphatic heterocycles. The van der Waals surface area contributed by atoms with Gasteiger partial charge in [0.05, 0.1) is 11.1 Å². The second-order valence-electron chi connectivity index (χ2n) is 4.95. The number of hydrogen-bond donors (Lipinski definition) is 2. The zero-order chi connectivity index (χ0) is 14.3. The van der Waals surface area contributed by atoms with E-state index in [1.807, 2.05) is 0 Å². The van der Waals surface area contributed by atoms with Crippen molar-refractivity contribution in [3.8, 4) is 5.75 Å². The molecule has 2 N–H and O–H groups in total. The van der Waals surface area contributed by atoms with E-state index in [1.54, 1.807) is 15.9 Å². The predicted octanol–water partition coefficient (Wildman–Crippen LogP) is 0.895. The van der Waals surface area contributed by atoms with E-state index in [1.165, 1.54) is 12.1 Å². The Hall–Kier alpha value is -1.95. The minimum absolute atomic E-state index is 0.0350. The number of carbonyl (C=O) groups excluding carboxylic acids is 2. The number of phenolic OH excluding ortho intramolecular Hbond substituents is 1. The number of nitrogens with zero attached hydrogens (tertiary/aromatic N) is 2. The second-order valence-corrected chi connectivity index (χ2v) is 5.36. The Labute approximate surface area is 120 Å². The standard InChI is InChI=1S/C13H14ClN3O3/c14-10-5-8(1-2-11(10)18)12(19)16-3-4-17-9(7-16)6-15-13(17)20/h1-2,5,9,18H,3-4,6-7H2,(H,15,20). The molecule has 6 nitrogen and oxygen atoms in total. The van der Waals surface area contributed by atoms with Crippen LogP contribution in [0.2, 0.25) is 5.02 Å². The van der Waals surface area contributed by atoms with E-state index >= 15 is 0 Å². The molecule has 0 aliphatic carbocycles. The Morgan fingerprint density at radius 3 is 2.95 bits per heavy atom. The number of amides is 3. The Morgan fingerprint density at radius 2 is 2.20 bits per heavy atom. The van der Waals surface area contributed by atoms with Crippen LogP contribution in [-0.2, 0) is 0 Å². The molecule has 0 radical (unpaired) electrons. The van der Waals surface area contributed by atoms with Crippen molar-refractivity contribution in [2.45, 2.75) is 6.04 Å². The van der Waals surface area contributed by atoms with Crippen LogP contribution in [-0.4, -0.2) is 59.1 Å². The van der Waals surface area contributed by atoms with Crippen LogP contribution in [0.1, 0.15) is 10.4 Å². The van der Waals surface area contributed by atoms with Gasteiger partial charge in [-0.15, -0.1) is 0 Å². The summed E-state index contributed by atoms with van der Waals surface area (Å²) in [6.45, 7) is 2.12. The van der Waals surface area contributed by atoms with Gasteiger partial charge in [-0.1, -0.05) is 11.6 Å². The van der Waals surface area contributed by atoms with Crippen LogP contribution in [0.25, 0.3) is 0 Å². The summed E-state index contributed by atoms with van der Waals surface area (Å²) in [4.78, 5) is 27.4. The molecule has 0 bridgehead atoms. The number of aromatic hydroxyl groups is 1. The first kappa shape index (κ1) is 13.1. The van der Waals surface area contributed by atoms with Crippen molar-refractivity contribution in [1.82, 2.24) is 15.1 Å². The van der Waals surface area contributed by atoms with Gasteiger partial charge in [0.25, 0.3) is 5.91 Å². The summed E-state index contributed by atoms with van der Waals surface area (Å²) in [5, 5.41) is 12.3. The number of halogens is 1. The van der Waals surface area contributed by atoms with Gasteiger partial charge in [-0.05, 0) is 18.2 Å². The van der Waals surface area contributed by atoms with Gasteiger partial charge in [0.1, 0.15) is 5.75 Å². The smallest absolute Gasteiger partial charge is 0.317 e. The topological polar surface area (TPSA) is 72.9 Å². The minimum Gasteiger partial charge on any atom is -0.506 e. The molecule has 2 aliphatic rings. The van der Waals surface area contributed by atoms with Gasteiger partial charge >= 0.3 is 6.03 Å². The maximum atomic E-state index is 12.4. The summed E-state index contributed by atoms with van der Waals surface area (Å²) >= 11 is 5.82. The second kappa shape index (κ2) is 4.86. The third kappa shape index (κ3) is 2.16. The monoisotopic (exact) mass is 295 g/mol. The molecule has 0 spiro atoms. The number of hydrogen-bond acceptors (Lipinski definition) is 3. The van der Waals surface area contributed by atoms with Crippen molar-refractivity contribution in [2.75, 3.05) is 26.2 Å². The van der Waals surface area contributed by atoms with E-state index in [2.05, 4.69) is 5.32 Å². The molecule has 3 rings (SSSR count). The fourth-order valence-electron chi connectivity index (χ4n) is 2.61. The lowest BCUT2D eigenvalue weighted by Gasteiger charge is -2.36. The molecule has 1 aromatic rings. The van der Waals surface area contributed by atoms with E-state index in [0.29, 0.717) is 31.7 Å². The number of carbonyl (C=O) groups is 2. The largest absolute Gasteiger partial charge is 0.506 e. The zero-order valence-corrected chi connectivity index (χ0v) is 11.4. The summed E-state index contributed by atoms with van der Waals surface area (Å²) in [6, 6.07) is 4.40. The molecular formula is C13H14ClN3O3. The van der Waals surface area contributed by atoms with Crippen molar-refractivity contribution in [1.29, 1.82) is 0 Å². The van der Waals surface area contributed by atoms with Crippen molar-refractivity contribution >= 4 is 23.5 Å². The summed E-state index contributed by atoms with van der Waals surface area (Å²) in [6.07, 6.45) is 0. The number of phenols is 1. The van der Waals surface area contributed by atoms with Crippen molar-refractivity contribution in [2.24, 2.45) is 0 Å². The summed E-state index contributed by atoms with van der Waals surface area (Å²) in [5.74, 6) is -0.176. The highest BCUT2D eigenvalue weighted by Gasteiger charge is 2.37. The Morgan fingerprint density at radius 1 is 1.40 bits per heavy atom. The number of urea groups is 1. The van der Waals surface area contributed by atoms with Crippen LogP contribution in [0.4, 0.5) is 4.79 Å². The van der Waals surface area contributed by atoms with Crippen LogP contribution in [0.5, 0.6) is 5.75 Å². The van der Waals surface area contributed by atoms with Crippen molar-refractivity contribution < 1.29 is 14.7 Å².